The van der Waals surface area contributed by atoms with Crippen molar-refractivity contribution in [3.63, 3.8) is 0 Å². The molecule has 1 N–H and O–H groups in total. The van der Waals surface area contributed by atoms with Crippen molar-refractivity contribution in [2.75, 3.05) is 7.11 Å². The third-order valence-corrected chi connectivity index (χ3v) is 6.46. The first kappa shape index (κ1) is 16.3. The molecule has 0 radical (unpaired) electrons. The summed E-state index contributed by atoms with van der Waals surface area (Å²) in [4.78, 5) is 12.2. The maximum atomic E-state index is 12.2. The Labute approximate surface area is 156 Å². The van der Waals surface area contributed by atoms with Gasteiger partial charge in [-0.2, -0.15) is 5.10 Å². The van der Waals surface area contributed by atoms with Gasteiger partial charge < -0.3 is 9.26 Å². The SMILES string of the molecule is COC(=O)c1cccc([C@]23Cc4cnoc4[C@@H](C)[C@@H]2CCc2c[nH]nc23)c1. The van der Waals surface area contributed by atoms with Crippen molar-refractivity contribution < 1.29 is 14.1 Å². The van der Waals surface area contributed by atoms with Crippen LogP contribution in [0.5, 0.6) is 0 Å². The lowest BCUT2D eigenvalue weighted by Gasteiger charge is -2.48. The van der Waals surface area contributed by atoms with Crippen LogP contribution in [0, 0.1) is 5.92 Å². The topological polar surface area (TPSA) is 81.0 Å². The summed E-state index contributed by atoms with van der Waals surface area (Å²) in [6.45, 7) is 2.21. The Kier molecular flexibility index (Phi) is 3.50. The summed E-state index contributed by atoms with van der Waals surface area (Å²) in [5.41, 5.74) is 4.81. The fourth-order valence-corrected chi connectivity index (χ4v) is 5.27. The van der Waals surface area contributed by atoms with Gasteiger partial charge in [-0.3, -0.25) is 5.10 Å². The maximum absolute atomic E-state index is 12.2. The highest BCUT2D eigenvalue weighted by Crippen LogP contribution is 2.56. The van der Waals surface area contributed by atoms with Crippen molar-refractivity contribution in [3.8, 4) is 0 Å². The summed E-state index contributed by atoms with van der Waals surface area (Å²) in [7, 11) is 1.41. The molecule has 0 saturated carbocycles. The van der Waals surface area contributed by atoms with Crippen molar-refractivity contribution in [1.29, 1.82) is 0 Å². The molecule has 1 aromatic carbocycles. The number of aromatic nitrogens is 3. The van der Waals surface area contributed by atoms with Gasteiger partial charge in [0.15, 0.2) is 0 Å². The second kappa shape index (κ2) is 5.81. The number of hydrogen-bond donors (Lipinski definition) is 1. The summed E-state index contributed by atoms with van der Waals surface area (Å²) < 4.78 is 10.5. The van der Waals surface area contributed by atoms with Gasteiger partial charge in [-0.1, -0.05) is 24.2 Å². The van der Waals surface area contributed by atoms with Crippen LogP contribution in [0.15, 0.2) is 41.2 Å². The van der Waals surface area contributed by atoms with Gasteiger partial charge in [0.2, 0.25) is 0 Å². The van der Waals surface area contributed by atoms with E-state index in [0.717, 1.165) is 41.8 Å². The number of esters is 1. The Morgan fingerprint density at radius 3 is 3.11 bits per heavy atom. The van der Waals surface area contributed by atoms with Gasteiger partial charge in [0.25, 0.3) is 0 Å². The molecule has 3 atom stereocenters. The Morgan fingerprint density at radius 2 is 2.26 bits per heavy atom. The number of carbonyl (C=O) groups excluding carboxylic acids is 1. The molecule has 138 valence electrons. The van der Waals surface area contributed by atoms with Crippen molar-refractivity contribution >= 4 is 5.97 Å². The standard InChI is InChI=1S/C21H21N3O3/c1-12-17-7-6-14-10-22-24-19(14)21(17,9-15-11-23-27-18(12)15)16-5-3-4-13(8-16)20(25)26-2/h3-5,8,10-12,17H,6-7,9H2,1-2H3,(H,22,24)/t12-,17-,21+/m0/s1. The van der Waals surface area contributed by atoms with Crippen molar-refractivity contribution in [2.24, 2.45) is 5.92 Å². The zero-order valence-electron chi connectivity index (χ0n) is 15.4. The summed E-state index contributed by atoms with van der Waals surface area (Å²) in [6, 6.07) is 7.80. The molecule has 2 aliphatic carbocycles. The highest BCUT2D eigenvalue weighted by molar-refractivity contribution is 5.89. The lowest BCUT2D eigenvalue weighted by Crippen LogP contribution is -2.47. The minimum atomic E-state index is -0.322. The van der Waals surface area contributed by atoms with Crippen molar-refractivity contribution in [1.82, 2.24) is 15.4 Å². The number of rotatable bonds is 2. The number of nitrogens with zero attached hydrogens (tertiary/aromatic N) is 2. The number of methoxy groups -OCH3 is 1. The molecule has 5 rings (SSSR count). The van der Waals surface area contributed by atoms with Gasteiger partial charge in [0.1, 0.15) is 5.76 Å². The number of ether oxygens (including phenoxy) is 1. The zero-order chi connectivity index (χ0) is 18.6. The van der Waals surface area contributed by atoms with Gasteiger partial charge in [0.05, 0.1) is 24.6 Å². The lowest BCUT2D eigenvalue weighted by atomic mass is 9.53. The molecule has 3 aromatic rings. The Morgan fingerprint density at radius 1 is 1.37 bits per heavy atom. The summed E-state index contributed by atoms with van der Waals surface area (Å²) in [5.74, 6) is 1.21. The Balaban J connectivity index is 1.77. The zero-order valence-corrected chi connectivity index (χ0v) is 15.4. The molecule has 0 aliphatic heterocycles. The second-order valence-electron chi connectivity index (χ2n) is 7.63. The van der Waals surface area contributed by atoms with E-state index in [2.05, 4.69) is 28.3 Å². The highest BCUT2D eigenvalue weighted by atomic mass is 16.5. The van der Waals surface area contributed by atoms with Crippen LogP contribution >= 0.6 is 0 Å². The molecule has 2 heterocycles. The Hall–Kier alpha value is -2.89. The monoisotopic (exact) mass is 363 g/mol. The number of aryl methyl sites for hydroxylation is 1. The highest BCUT2D eigenvalue weighted by Gasteiger charge is 2.54. The number of H-pyrrole nitrogens is 1. The smallest absolute Gasteiger partial charge is 0.337 e. The molecule has 0 unspecified atom stereocenters. The quantitative estimate of drug-likeness (QED) is 0.706. The van der Waals surface area contributed by atoms with E-state index in [-0.39, 0.29) is 17.3 Å². The van der Waals surface area contributed by atoms with E-state index in [1.165, 1.54) is 12.7 Å². The third-order valence-electron chi connectivity index (χ3n) is 6.46. The predicted octanol–water partition coefficient (Wildman–Crippen LogP) is 3.39. The number of benzene rings is 1. The third kappa shape index (κ3) is 2.16. The normalized spacial score (nSPS) is 26.0. The average Bonchev–Trinajstić information content (AvgIpc) is 3.36. The maximum Gasteiger partial charge on any atom is 0.337 e. The van der Waals surface area contributed by atoms with Gasteiger partial charge in [-0.05, 0) is 48.4 Å². The molecule has 0 spiro atoms. The first-order valence-corrected chi connectivity index (χ1v) is 9.30. The molecule has 0 amide bonds. The van der Waals surface area contributed by atoms with E-state index in [1.54, 1.807) is 6.07 Å². The van der Waals surface area contributed by atoms with E-state index in [1.807, 2.05) is 24.5 Å². The van der Waals surface area contributed by atoms with Crippen LogP contribution in [-0.4, -0.2) is 28.4 Å². The van der Waals surface area contributed by atoms with E-state index in [0.29, 0.717) is 11.5 Å². The lowest BCUT2D eigenvalue weighted by molar-refractivity contribution is 0.0600. The average molecular weight is 363 g/mol. The van der Waals surface area contributed by atoms with Crippen LogP contribution in [0.4, 0.5) is 0 Å². The molecule has 0 saturated heterocycles. The minimum absolute atomic E-state index is 0.225. The summed E-state index contributed by atoms with van der Waals surface area (Å²) >= 11 is 0. The minimum Gasteiger partial charge on any atom is -0.465 e. The van der Waals surface area contributed by atoms with Gasteiger partial charge in [-0.15, -0.1) is 0 Å². The fourth-order valence-electron chi connectivity index (χ4n) is 5.27. The molecule has 27 heavy (non-hydrogen) atoms. The summed E-state index contributed by atoms with van der Waals surface area (Å²) in [5, 5.41) is 11.8. The van der Waals surface area contributed by atoms with Crippen LogP contribution in [0.2, 0.25) is 0 Å². The predicted molar refractivity (Wildman–Crippen MR) is 97.6 cm³/mol. The molecule has 6 nitrogen and oxygen atoms in total. The molecule has 2 aromatic heterocycles. The second-order valence-corrected chi connectivity index (χ2v) is 7.63. The van der Waals surface area contributed by atoms with E-state index < -0.39 is 0 Å². The molecule has 6 heteroatoms. The molecule has 0 fully saturated rings. The van der Waals surface area contributed by atoms with Crippen molar-refractivity contribution in [2.45, 2.75) is 37.5 Å². The first-order valence-electron chi connectivity index (χ1n) is 9.30. The first-order chi connectivity index (χ1) is 13.1. The Bertz CT molecular complexity index is 1020. The molecule has 0 bridgehead atoms. The van der Waals surface area contributed by atoms with Crippen LogP contribution in [0.25, 0.3) is 0 Å². The molecular weight excluding hydrogens is 342 g/mol. The van der Waals surface area contributed by atoms with E-state index in [4.69, 9.17) is 9.26 Å². The van der Waals surface area contributed by atoms with Crippen molar-refractivity contribution in [3.05, 3.63) is 70.4 Å². The number of nitrogens with one attached hydrogen (secondary N) is 1. The van der Waals surface area contributed by atoms with Gasteiger partial charge in [0, 0.05) is 23.1 Å². The van der Waals surface area contributed by atoms with Crippen LogP contribution in [-0.2, 0) is 23.0 Å². The number of aromatic amines is 1. The van der Waals surface area contributed by atoms with Crippen LogP contribution in [0.3, 0.4) is 0 Å². The van der Waals surface area contributed by atoms with E-state index in [9.17, 15) is 4.79 Å². The van der Waals surface area contributed by atoms with Gasteiger partial charge >= 0.3 is 5.97 Å². The largest absolute Gasteiger partial charge is 0.465 e. The summed E-state index contributed by atoms with van der Waals surface area (Å²) in [6.07, 6.45) is 6.63. The van der Waals surface area contributed by atoms with Crippen LogP contribution in [0.1, 0.15) is 57.8 Å². The van der Waals surface area contributed by atoms with Gasteiger partial charge in [-0.25, -0.2) is 4.79 Å². The number of hydrogen-bond acceptors (Lipinski definition) is 5. The fraction of sp³-hybridized carbons (Fsp3) is 0.381. The number of fused-ring (bicyclic) bond motifs is 4. The number of carbonyl (C=O) groups is 1. The molecule has 2 aliphatic rings. The van der Waals surface area contributed by atoms with Crippen LogP contribution < -0.4 is 0 Å². The molecular formula is C21H21N3O3. The van der Waals surface area contributed by atoms with E-state index >= 15 is 0 Å².